The van der Waals surface area contributed by atoms with E-state index in [-0.39, 0.29) is 0 Å². The maximum Gasteiger partial charge on any atom is 0.0766 e. The Morgan fingerprint density at radius 3 is 2.57 bits per heavy atom. The van der Waals surface area contributed by atoms with Crippen molar-refractivity contribution in [2.75, 3.05) is 6.54 Å². The van der Waals surface area contributed by atoms with Crippen LogP contribution in [0, 0.1) is 6.92 Å². The molecule has 0 radical (unpaired) electrons. The fourth-order valence-corrected chi connectivity index (χ4v) is 3.53. The largest absolute Gasteiger partial charge is 0.310 e. The fourth-order valence-electron chi connectivity index (χ4n) is 2.75. The zero-order chi connectivity index (χ0) is 15.4. The van der Waals surface area contributed by atoms with Crippen LogP contribution in [0.5, 0.6) is 0 Å². The van der Waals surface area contributed by atoms with Gasteiger partial charge in [0.05, 0.1) is 15.9 Å². The lowest BCUT2D eigenvalue weighted by Crippen LogP contribution is -2.24. The predicted molar refractivity (Wildman–Crippen MR) is 91.6 cm³/mol. The number of benzene rings is 1. The van der Waals surface area contributed by atoms with Gasteiger partial charge in [-0.1, -0.05) is 38.1 Å². The topological polar surface area (TPSA) is 29.9 Å². The van der Waals surface area contributed by atoms with E-state index in [1.54, 1.807) is 0 Å². The molecule has 2 aromatic rings. The molecule has 0 aliphatic carbocycles. The molecule has 1 unspecified atom stereocenters. The third-order valence-corrected chi connectivity index (χ3v) is 4.83. The lowest BCUT2D eigenvalue weighted by Gasteiger charge is -2.20. The molecule has 0 aliphatic heterocycles. The van der Waals surface area contributed by atoms with Crippen LogP contribution in [-0.4, -0.2) is 16.3 Å². The number of hydrogen-bond donors (Lipinski definition) is 1. The van der Waals surface area contributed by atoms with Crippen LogP contribution in [0.1, 0.15) is 42.4 Å². The van der Waals surface area contributed by atoms with E-state index in [4.69, 9.17) is 0 Å². The summed E-state index contributed by atoms with van der Waals surface area (Å²) in [7, 11) is 2.03. The zero-order valence-electron chi connectivity index (χ0n) is 13.3. The van der Waals surface area contributed by atoms with Gasteiger partial charge in [0.25, 0.3) is 0 Å². The minimum absolute atomic E-state index is 0.313. The number of nitrogens with one attached hydrogen (secondary N) is 1. The standard InChI is InChI=1S/C17H24BrN3/c1-5-14-17(18)16(21(4)20-14)11-15(19-6-2)13-10-8-7-9-12(13)3/h7-10,15,19H,5-6,11H2,1-4H3. The molecule has 114 valence electrons. The first kappa shape index (κ1) is 16.2. The molecular weight excluding hydrogens is 326 g/mol. The Hall–Kier alpha value is -1.13. The average Bonchev–Trinajstić information content (AvgIpc) is 2.74. The van der Waals surface area contributed by atoms with Gasteiger partial charge in [-0.05, 0) is 46.9 Å². The summed E-state index contributed by atoms with van der Waals surface area (Å²) in [5, 5.41) is 8.21. The summed E-state index contributed by atoms with van der Waals surface area (Å²) in [5.74, 6) is 0. The molecule has 3 nitrogen and oxygen atoms in total. The van der Waals surface area contributed by atoms with E-state index in [2.05, 4.69) is 71.4 Å². The van der Waals surface area contributed by atoms with Crippen molar-refractivity contribution in [1.82, 2.24) is 15.1 Å². The molecule has 1 aromatic carbocycles. The van der Waals surface area contributed by atoms with Gasteiger partial charge in [0.2, 0.25) is 0 Å². The number of rotatable bonds is 6. The van der Waals surface area contributed by atoms with Crippen molar-refractivity contribution < 1.29 is 0 Å². The highest BCUT2D eigenvalue weighted by Gasteiger charge is 2.19. The van der Waals surface area contributed by atoms with Crippen LogP contribution in [0.25, 0.3) is 0 Å². The van der Waals surface area contributed by atoms with E-state index in [1.807, 2.05) is 11.7 Å². The van der Waals surface area contributed by atoms with Gasteiger partial charge in [0.1, 0.15) is 0 Å². The molecule has 2 rings (SSSR count). The highest BCUT2D eigenvalue weighted by molar-refractivity contribution is 9.10. The van der Waals surface area contributed by atoms with Crippen molar-refractivity contribution in [3.05, 3.63) is 51.3 Å². The number of likely N-dealkylation sites (N-methyl/N-ethyl adjacent to an activating group) is 1. The van der Waals surface area contributed by atoms with E-state index >= 15 is 0 Å². The van der Waals surface area contributed by atoms with Crippen molar-refractivity contribution in [3.8, 4) is 0 Å². The zero-order valence-corrected chi connectivity index (χ0v) is 14.9. The van der Waals surface area contributed by atoms with Crippen LogP contribution in [-0.2, 0) is 19.9 Å². The van der Waals surface area contributed by atoms with Crippen molar-refractivity contribution in [1.29, 1.82) is 0 Å². The molecule has 0 saturated heterocycles. The molecule has 1 N–H and O–H groups in total. The first-order valence-electron chi connectivity index (χ1n) is 7.57. The van der Waals surface area contributed by atoms with Gasteiger partial charge in [-0.25, -0.2) is 0 Å². The Labute approximate surface area is 135 Å². The van der Waals surface area contributed by atoms with Crippen LogP contribution in [0.3, 0.4) is 0 Å². The van der Waals surface area contributed by atoms with Gasteiger partial charge in [-0.3, -0.25) is 4.68 Å². The summed E-state index contributed by atoms with van der Waals surface area (Å²) >= 11 is 3.72. The molecule has 0 bridgehead atoms. The number of nitrogens with zero attached hydrogens (tertiary/aromatic N) is 2. The maximum atomic E-state index is 4.60. The number of halogens is 1. The van der Waals surface area contributed by atoms with Gasteiger partial charge < -0.3 is 5.32 Å². The second-order valence-electron chi connectivity index (χ2n) is 5.36. The highest BCUT2D eigenvalue weighted by Crippen LogP contribution is 2.28. The highest BCUT2D eigenvalue weighted by atomic mass is 79.9. The van der Waals surface area contributed by atoms with Crippen molar-refractivity contribution >= 4 is 15.9 Å². The maximum absolute atomic E-state index is 4.60. The van der Waals surface area contributed by atoms with Crippen molar-refractivity contribution in [2.24, 2.45) is 7.05 Å². The summed E-state index contributed by atoms with van der Waals surface area (Å²) in [6, 6.07) is 8.91. The number of aryl methyl sites for hydroxylation is 3. The summed E-state index contributed by atoms with van der Waals surface area (Å²) in [6.45, 7) is 7.42. The Morgan fingerprint density at radius 1 is 1.29 bits per heavy atom. The average molecular weight is 350 g/mol. The van der Waals surface area contributed by atoms with Crippen LogP contribution >= 0.6 is 15.9 Å². The third kappa shape index (κ3) is 3.55. The van der Waals surface area contributed by atoms with Crippen LogP contribution < -0.4 is 5.32 Å². The molecule has 1 heterocycles. The van der Waals surface area contributed by atoms with Gasteiger partial charge in [0, 0.05) is 19.5 Å². The van der Waals surface area contributed by atoms with E-state index in [1.165, 1.54) is 16.8 Å². The molecule has 0 amide bonds. The fraction of sp³-hybridized carbons (Fsp3) is 0.471. The lowest BCUT2D eigenvalue weighted by molar-refractivity contribution is 0.525. The number of hydrogen-bond acceptors (Lipinski definition) is 2. The van der Waals surface area contributed by atoms with Gasteiger partial charge in [-0.2, -0.15) is 5.10 Å². The Kier molecular flexibility index (Phi) is 5.59. The molecule has 0 fully saturated rings. The summed E-state index contributed by atoms with van der Waals surface area (Å²) in [5.41, 5.74) is 5.08. The molecular formula is C17H24BrN3. The van der Waals surface area contributed by atoms with Gasteiger partial charge in [0.15, 0.2) is 0 Å². The van der Waals surface area contributed by atoms with Crippen LogP contribution in [0.4, 0.5) is 0 Å². The quantitative estimate of drug-likeness (QED) is 0.855. The van der Waals surface area contributed by atoms with Crippen LogP contribution in [0.2, 0.25) is 0 Å². The summed E-state index contributed by atoms with van der Waals surface area (Å²) < 4.78 is 3.16. The smallest absolute Gasteiger partial charge is 0.0766 e. The second-order valence-corrected chi connectivity index (χ2v) is 6.15. The second kappa shape index (κ2) is 7.23. The first-order chi connectivity index (χ1) is 10.1. The summed E-state index contributed by atoms with van der Waals surface area (Å²) in [4.78, 5) is 0. The van der Waals surface area contributed by atoms with Gasteiger partial charge in [-0.15, -0.1) is 0 Å². The van der Waals surface area contributed by atoms with Crippen LogP contribution in [0.15, 0.2) is 28.7 Å². The first-order valence-corrected chi connectivity index (χ1v) is 8.36. The Balaban J connectivity index is 2.33. The molecule has 1 atom stereocenters. The summed E-state index contributed by atoms with van der Waals surface area (Å²) in [6.07, 6.45) is 1.88. The molecule has 0 spiro atoms. The van der Waals surface area contributed by atoms with E-state index < -0.39 is 0 Å². The van der Waals surface area contributed by atoms with E-state index in [9.17, 15) is 0 Å². The number of aromatic nitrogens is 2. The lowest BCUT2D eigenvalue weighted by atomic mass is 9.97. The van der Waals surface area contributed by atoms with E-state index in [0.29, 0.717) is 6.04 Å². The predicted octanol–water partition coefficient (Wildman–Crippen LogP) is 3.95. The van der Waals surface area contributed by atoms with Crippen molar-refractivity contribution in [2.45, 2.75) is 39.7 Å². The minimum Gasteiger partial charge on any atom is -0.310 e. The Morgan fingerprint density at radius 2 is 2.00 bits per heavy atom. The normalized spacial score (nSPS) is 12.6. The molecule has 21 heavy (non-hydrogen) atoms. The SMILES string of the molecule is CCNC(Cc1c(Br)c(CC)nn1C)c1ccccc1C. The molecule has 0 saturated carbocycles. The molecule has 1 aromatic heterocycles. The van der Waals surface area contributed by atoms with Crippen molar-refractivity contribution in [3.63, 3.8) is 0 Å². The minimum atomic E-state index is 0.313. The Bertz CT molecular complexity index is 604. The monoisotopic (exact) mass is 349 g/mol. The molecule has 0 aliphatic rings. The third-order valence-electron chi connectivity index (χ3n) is 3.91. The van der Waals surface area contributed by atoms with E-state index in [0.717, 1.165) is 29.6 Å². The molecule has 4 heteroatoms. The van der Waals surface area contributed by atoms with Gasteiger partial charge >= 0.3 is 0 Å².